The SMILES string of the molecule is O=C(NC1CC1)c1ccc(C(=O)NC(CO)c2ccccc2)cc1. The largest absolute Gasteiger partial charge is 0.394 e. The van der Waals surface area contributed by atoms with Gasteiger partial charge in [0.1, 0.15) is 0 Å². The highest BCUT2D eigenvalue weighted by Crippen LogP contribution is 2.19. The van der Waals surface area contributed by atoms with Gasteiger partial charge >= 0.3 is 0 Å². The fourth-order valence-electron chi connectivity index (χ4n) is 2.43. The lowest BCUT2D eigenvalue weighted by Gasteiger charge is -2.16. The van der Waals surface area contributed by atoms with Gasteiger partial charge in [-0.2, -0.15) is 0 Å². The van der Waals surface area contributed by atoms with E-state index in [-0.39, 0.29) is 18.4 Å². The molecule has 124 valence electrons. The first kappa shape index (κ1) is 16.2. The van der Waals surface area contributed by atoms with Crippen molar-refractivity contribution in [3.8, 4) is 0 Å². The van der Waals surface area contributed by atoms with Gasteiger partial charge in [0.2, 0.25) is 0 Å². The number of aliphatic hydroxyl groups excluding tert-OH is 1. The molecule has 1 fully saturated rings. The summed E-state index contributed by atoms with van der Waals surface area (Å²) in [6.45, 7) is -0.183. The van der Waals surface area contributed by atoms with E-state index in [2.05, 4.69) is 10.6 Å². The predicted molar refractivity (Wildman–Crippen MR) is 90.7 cm³/mol. The Morgan fingerprint density at radius 2 is 1.54 bits per heavy atom. The summed E-state index contributed by atoms with van der Waals surface area (Å²) in [6, 6.07) is 15.7. The number of hydrogen-bond acceptors (Lipinski definition) is 3. The van der Waals surface area contributed by atoms with Gasteiger partial charge in [-0.25, -0.2) is 0 Å². The molecular formula is C19H20N2O3. The number of aliphatic hydroxyl groups is 1. The Morgan fingerprint density at radius 1 is 0.958 bits per heavy atom. The summed E-state index contributed by atoms with van der Waals surface area (Å²) in [5, 5.41) is 15.2. The van der Waals surface area contributed by atoms with Crippen LogP contribution in [-0.2, 0) is 0 Å². The molecule has 1 unspecified atom stereocenters. The van der Waals surface area contributed by atoms with Crippen molar-refractivity contribution < 1.29 is 14.7 Å². The van der Waals surface area contributed by atoms with Gasteiger partial charge < -0.3 is 15.7 Å². The fourth-order valence-corrected chi connectivity index (χ4v) is 2.43. The van der Waals surface area contributed by atoms with Crippen LogP contribution < -0.4 is 10.6 Å². The Labute approximate surface area is 140 Å². The molecule has 0 saturated heterocycles. The summed E-state index contributed by atoms with van der Waals surface area (Å²) < 4.78 is 0. The number of carbonyl (C=O) groups is 2. The molecule has 5 heteroatoms. The van der Waals surface area contributed by atoms with Crippen molar-refractivity contribution in [1.29, 1.82) is 0 Å². The van der Waals surface area contributed by atoms with Gasteiger partial charge in [-0.15, -0.1) is 0 Å². The van der Waals surface area contributed by atoms with Crippen molar-refractivity contribution in [2.24, 2.45) is 0 Å². The molecule has 2 aromatic rings. The third-order valence-electron chi connectivity index (χ3n) is 4.01. The molecule has 0 aliphatic heterocycles. The van der Waals surface area contributed by atoms with Gasteiger partial charge in [0, 0.05) is 17.2 Å². The summed E-state index contributed by atoms with van der Waals surface area (Å²) in [5.74, 6) is -0.394. The first-order chi connectivity index (χ1) is 11.7. The average Bonchev–Trinajstić information content (AvgIpc) is 3.44. The standard InChI is InChI=1S/C19H20N2O3/c22-12-17(13-4-2-1-3-5-13)21-19(24)15-8-6-14(7-9-15)18(23)20-16-10-11-16/h1-9,16-17,22H,10-12H2,(H,20,23)(H,21,24). The monoisotopic (exact) mass is 324 g/mol. The molecule has 1 aliphatic rings. The van der Waals surface area contributed by atoms with E-state index < -0.39 is 6.04 Å². The Bertz CT molecular complexity index is 709. The maximum atomic E-state index is 12.3. The zero-order valence-electron chi connectivity index (χ0n) is 13.2. The highest BCUT2D eigenvalue weighted by Gasteiger charge is 2.23. The van der Waals surface area contributed by atoms with Crippen LogP contribution in [0.3, 0.4) is 0 Å². The third kappa shape index (κ3) is 4.00. The Kier molecular flexibility index (Phi) is 4.91. The molecule has 2 amide bonds. The van der Waals surface area contributed by atoms with Crippen molar-refractivity contribution in [2.45, 2.75) is 24.9 Å². The second-order valence-corrected chi connectivity index (χ2v) is 5.94. The lowest BCUT2D eigenvalue weighted by Crippen LogP contribution is -2.31. The summed E-state index contributed by atoms with van der Waals surface area (Å²) in [6.07, 6.45) is 2.07. The van der Waals surface area contributed by atoms with E-state index in [4.69, 9.17) is 0 Å². The molecule has 5 nitrogen and oxygen atoms in total. The average molecular weight is 324 g/mol. The molecule has 24 heavy (non-hydrogen) atoms. The van der Waals surface area contributed by atoms with E-state index in [1.807, 2.05) is 30.3 Å². The van der Waals surface area contributed by atoms with Gasteiger partial charge in [0.15, 0.2) is 0 Å². The normalized spacial score (nSPS) is 14.7. The quantitative estimate of drug-likeness (QED) is 0.761. The van der Waals surface area contributed by atoms with E-state index in [0.717, 1.165) is 18.4 Å². The van der Waals surface area contributed by atoms with Crippen molar-refractivity contribution in [1.82, 2.24) is 10.6 Å². The topological polar surface area (TPSA) is 78.4 Å². The van der Waals surface area contributed by atoms with Gasteiger partial charge in [0.05, 0.1) is 12.6 Å². The van der Waals surface area contributed by atoms with Crippen LogP contribution in [0.15, 0.2) is 54.6 Å². The maximum absolute atomic E-state index is 12.3. The molecule has 3 rings (SSSR count). The number of amides is 2. The lowest BCUT2D eigenvalue weighted by molar-refractivity contribution is 0.0912. The third-order valence-corrected chi connectivity index (χ3v) is 4.01. The Hall–Kier alpha value is -2.66. The number of nitrogens with one attached hydrogen (secondary N) is 2. The van der Waals surface area contributed by atoms with Crippen LogP contribution in [0.2, 0.25) is 0 Å². The zero-order valence-corrected chi connectivity index (χ0v) is 13.2. The Morgan fingerprint density at radius 3 is 2.08 bits per heavy atom. The Balaban J connectivity index is 1.64. The molecule has 3 N–H and O–H groups in total. The molecule has 0 aromatic heterocycles. The van der Waals surface area contributed by atoms with Crippen molar-refractivity contribution in [3.63, 3.8) is 0 Å². The fraction of sp³-hybridized carbons (Fsp3) is 0.263. The van der Waals surface area contributed by atoms with Crippen LogP contribution in [0.4, 0.5) is 0 Å². The van der Waals surface area contributed by atoms with E-state index in [1.54, 1.807) is 24.3 Å². The van der Waals surface area contributed by atoms with E-state index in [0.29, 0.717) is 17.2 Å². The van der Waals surface area contributed by atoms with E-state index in [9.17, 15) is 14.7 Å². The van der Waals surface area contributed by atoms with Gasteiger partial charge in [-0.05, 0) is 42.7 Å². The maximum Gasteiger partial charge on any atom is 0.251 e. The van der Waals surface area contributed by atoms with Gasteiger partial charge in [-0.1, -0.05) is 30.3 Å². The molecule has 0 heterocycles. The summed E-state index contributed by atoms with van der Waals surface area (Å²) in [5.41, 5.74) is 1.83. The minimum atomic E-state index is -0.462. The molecule has 2 aromatic carbocycles. The smallest absolute Gasteiger partial charge is 0.251 e. The highest BCUT2D eigenvalue weighted by atomic mass is 16.3. The first-order valence-electron chi connectivity index (χ1n) is 8.05. The highest BCUT2D eigenvalue weighted by molar-refractivity contribution is 5.98. The molecule has 0 bridgehead atoms. The zero-order chi connectivity index (χ0) is 16.9. The van der Waals surface area contributed by atoms with Crippen LogP contribution >= 0.6 is 0 Å². The molecule has 0 radical (unpaired) electrons. The van der Waals surface area contributed by atoms with E-state index >= 15 is 0 Å². The van der Waals surface area contributed by atoms with E-state index in [1.165, 1.54) is 0 Å². The van der Waals surface area contributed by atoms with Crippen LogP contribution in [-0.4, -0.2) is 29.6 Å². The van der Waals surface area contributed by atoms with Crippen LogP contribution in [0, 0.1) is 0 Å². The number of benzene rings is 2. The molecular weight excluding hydrogens is 304 g/mol. The summed E-state index contributed by atoms with van der Waals surface area (Å²) in [4.78, 5) is 24.3. The van der Waals surface area contributed by atoms with Gasteiger partial charge in [-0.3, -0.25) is 9.59 Å². The number of hydrogen-bond donors (Lipinski definition) is 3. The summed E-state index contributed by atoms with van der Waals surface area (Å²) in [7, 11) is 0. The minimum absolute atomic E-state index is 0.109. The minimum Gasteiger partial charge on any atom is -0.394 e. The molecule has 1 aliphatic carbocycles. The lowest BCUT2D eigenvalue weighted by atomic mass is 10.1. The second kappa shape index (κ2) is 7.27. The van der Waals surface area contributed by atoms with Crippen LogP contribution in [0.5, 0.6) is 0 Å². The second-order valence-electron chi connectivity index (χ2n) is 5.94. The van der Waals surface area contributed by atoms with Crippen LogP contribution in [0.25, 0.3) is 0 Å². The van der Waals surface area contributed by atoms with Crippen molar-refractivity contribution >= 4 is 11.8 Å². The van der Waals surface area contributed by atoms with Crippen LogP contribution in [0.1, 0.15) is 45.2 Å². The van der Waals surface area contributed by atoms with Crippen molar-refractivity contribution in [3.05, 3.63) is 71.3 Å². The van der Waals surface area contributed by atoms with Gasteiger partial charge in [0.25, 0.3) is 11.8 Å². The number of rotatable bonds is 6. The molecule has 1 saturated carbocycles. The first-order valence-corrected chi connectivity index (χ1v) is 8.05. The van der Waals surface area contributed by atoms with Crippen molar-refractivity contribution in [2.75, 3.05) is 6.61 Å². The molecule has 0 spiro atoms. The number of carbonyl (C=O) groups excluding carboxylic acids is 2. The summed E-state index contributed by atoms with van der Waals surface area (Å²) >= 11 is 0. The molecule has 1 atom stereocenters. The predicted octanol–water partition coefficient (Wildman–Crippen LogP) is 2.04.